The molecule has 0 unspecified atom stereocenters. The number of alkyl carbamates (subject to hydrolysis) is 1. The van der Waals surface area contributed by atoms with Gasteiger partial charge in [-0.15, -0.1) is 0 Å². The normalized spacial score (nSPS) is 15.7. The molecule has 2 N–H and O–H groups in total. The van der Waals surface area contributed by atoms with E-state index in [0.717, 1.165) is 45.0 Å². The maximum Gasteiger partial charge on any atom is 0.407 e. The van der Waals surface area contributed by atoms with E-state index in [1.807, 2.05) is 32.9 Å². The molecule has 1 heterocycles. The van der Waals surface area contributed by atoms with Crippen LogP contribution in [0.25, 0.3) is 0 Å². The summed E-state index contributed by atoms with van der Waals surface area (Å²) in [7, 11) is 0. The van der Waals surface area contributed by atoms with E-state index in [-0.39, 0.29) is 5.91 Å². The Morgan fingerprint density at radius 3 is 2.24 bits per heavy atom. The number of hydrogen-bond acceptors (Lipinski definition) is 5. The third-order valence-electron chi connectivity index (χ3n) is 4.80. The van der Waals surface area contributed by atoms with E-state index < -0.39 is 11.7 Å². The van der Waals surface area contributed by atoms with Crippen molar-refractivity contribution < 1.29 is 14.3 Å². The molecule has 0 bridgehead atoms. The summed E-state index contributed by atoms with van der Waals surface area (Å²) in [6, 6.07) is 8.06. The number of nitrogens with one attached hydrogen (secondary N) is 2. The van der Waals surface area contributed by atoms with Gasteiger partial charge in [0, 0.05) is 51.4 Å². The molecule has 162 valence electrons. The van der Waals surface area contributed by atoms with Gasteiger partial charge in [-0.05, 0) is 51.4 Å². The number of rotatable bonds is 8. The van der Waals surface area contributed by atoms with Gasteiger partial charge in [0.05, 0.1) is 0 Å². The Hall–Kier alpha value is -2.12. The van der Waals surface area contributed by atoms with Gasteiger partial charge in [0.2, 0.25) is 5.91 Å². The summed E-state index contributed by atoms with van der Waals surface area (Å²) in [5, 5.41) is 5.57. The van der Waals surface area contributed by atoms with Crippen molar-refractivity contribution in [1.29, 1.82) is 0 Å². The molecule has 0 radical (unpaired) electrons. The monoisotopic (exact) mass is 404 g/mol. The molecule has 0 spiro atoms. The largest absolute Gasteiger partial charge is 0.444 e. The summed E-state index contributed by atoms with van der Waals surface area (Å²) in [5.74, 6) is -0.0561. The lowest BCUT2D eigenvalue weighted by molar-refractivity contribution is -0.116. The molecule has 7 nitrogen and oxygen atoms in total. The highest BCUT2D eigenvalue weighted by Crippen LogP contribution is 2.13. The molecule has 1 saturated heterocycles. The smallest absolute Gasteiger partial charge is 0.407 e. The number of nitrogens with zero attached hydrogens (tertiary/aromatic N) is 2. The van der Waals surface area contributed by atoms with Gasteiger partial charge < -0.3 is 20.3 Å². The van der Waals surface area contributed by atoms with Crippen molar-refractivity contribution in [3.63, 3.8) is 0 Å². The van der Waals surface area contributed by atoms with Gasteiger partial charge in [0.1, 0.15) is 5.60 Å². The second-order valence-corrected chi connectivity index (χ2v) is 8.49. The molecule has 7 heteroatoms. The first-order chi connectivity index (χ1) is 13.7. The van der Waals surface area contributed by atoms with E-state index in [2.05, 4.69) is 39.5 Å². The molecule has 1 fully saturated rings. The zero-order valence-electron chi connectivity index (χ0n) is 18.3. The molecule has 0 aliphatic carbocycles. The highest BCUT2D eigenvalue weighted by molar-refractivity contribution is 5.90. The van der Waals surface area contributed by atoms with Gasteiger partial charge in [0.15, 0.2) is 0 Å². The summed E-state index contributed by atoms with van der Waals surface area (Å²) in [4.78, 5) is 28.6. The summed E-state index contributed by atoms with van der Waals surface area (Å²) < 4.78 is 5.16. The van der Waals surface area contributed by atoms with Crippen molar-refractivity contribution in [2.24, 2.45) is 0 Å². The van der Waals surface area contributed by atoms with Crippen molar-refractivity contribution in [1.82, 2.24) is 15.1 Å². The average Bonchev–Trinajstić information content (AvgIpc) is 2.66. The van der Waals surface area contributed by atoms with Crippen molar-refractivity contribution in [2.45, 2.75) is 52.7 Å². The van der Waals surface area contributed by atoms with Crippen LogP contribution in [0.1, 0.15) is 46.1 Å². The van der Waals surface area contributed by atoms with Crippen LogP contribution in [0.2, 0.25) is 0 Å². The number of hydrogen-bond donors (Lipinski definition) is 2. The Bertz CT molecular complexity index is 647. The van der Waals surface area contributed by atoms with Crippen LogP contribution in [0.5, 0.6) is 0 Å². The first kappa shape index (κ1) is 23.2. The van der Waals surface area contributed by atoms with Crippen molar-refractivity contribution in [3.8, 4) is 0 Å². The SMILES string of the molecule is CCN1CCN(Cc2ccc(NC(=O)CCCNC(=O)OC(C)(C)C)cc2)CC1. The van der Waals surface area contributed by atoms with E-state index >= 15 is 0 Å². The molecule has 2 rings (SSSR count). The fraction of sp³-hybridized carbons (Fsp3) is 0.636. The molecule has 0 atom stereocenters. The molecule has 1 aliphatic heterocycles. The number of piperazine rings is 1. The van der Waals surface area contributed by atoms with Crippen LogP contribution in [0, 0.1) is 0 Å². The van der Waals surface area contributed by atoms with Crippen LogP contribution >= 0.6 is 0 Å². The van der Waals surface area contributed by atoms with Crippen LogP contribution in [0.3, 0.4) is 0 Å². The number of amides is 2. The molecule has 1 aromatic carbocycles. The number of likely N-dealkylation sites (N-methyl/N-ethyl adjacent to an activating group) is 1. The van der Waals surface area contributed by atoms with Gasteiger partial charge in [0.25, 0.3) is 0 Å². The third-order valence-corrected chi connectivity index (χ3v) is 4.80. The first-order valence-corrected chi connectivity index (χ1v) is 10.6. The lowest BCUT2D eigenvalue weighted by atomic mass is 10.1. The second kappa shape index (κ2) is 11.2. The number of carbonyl (C=O) groups excluding carboxylic acids is 2. The Kier molecular flexibility index (Phi) is 8.92. The third kappa shape index (κ3) is 9.28. The van der Waals surface area contributed by atoms with Gasteiger partial charge in [-0.25, -0.2) is 4.79 Å². The first-order valence-electron chi connectivity index (χ1n) is 10.6. The molecular weight excluding hydrogens is 368 g/mol. The quantitative estimate of drug-likeness (QED) is 0.652. The van der Waals surface area contributed by atoms with E-state index in [1.165, 1.54) is 5.56 Å². The van der Waals surface area contributed by atoms with Crippen molar-refractivity contribution >= 4 is 17.7 Å². The maximum atomic E-state index is 12.1. The Morgan fingerprint density at radius 1 is 1.03 bits per heavy atom. The van der Waals surface area contributed by atoms with Gasteiger partial charge in [-0.1, -0.05) is 19.1 Å². The lowest BCUT2D eigenvalue weighted by Gasteiger charge is -2.34. The predicted molar refractivity (Wildman–Crippen MR) is 116 cm³/mol. The molecule has 1 aliphatic rings. The van der Waals surface area contributed by atoms with Crippen molar-refractivity contribution in [3.05, 3.63) is 29.8 Å². The number of ether oxygens (including phenoxy) is 1. The highest BCUT2D eigenvalue weighted by Gasteiger charge is 2.16. The minimum Gasteiger partial charge on any atom is -0.444 e. The molecule has 0 aromatic heterocycles. The number of carbonyl (C=O) groups is 2. The Labute approximate surface area is 174 Å². The maximum absolute atomic E-state index is 12.1. The number of benzene rings is 1. The van der Waals surface area contributed by atoms with E-state index in [4.69, 9.17) is 4.74 Å². The second-order valence-electron chi connectivity index (χ2n) is 8.49. The van der Waals surface area contributed by atoms with E-state index in [9.17, 15) is 9.59 Å². The predicted octanol–water partition coefficient (Wildman–Crippen LogP) is 3.07. The zero-order chi connectivity index (χ0) is 21.3. The van der Waals surface area contributed by atoms with Gasteiger partial charge in [-0.2, -0.15) is 0 Å². The summed E-state index contributed by atoms with van der Waals surface area (Å²) in [6.07, 6.45) is 0.455. The van der Waals surface area contributed by atoms with Crippen LogP contribution in [-0.2, 0) is 16.1 Å². The summed E-state index contributed by atoms with van der Waals surface area (Å²) >= 11 is 0. The van der Waals surface area contributed by atoms with Gasteiger partial charge >= 0.3 is 6.09 Å². The Balaban J connectivity index is 1.64. The van der Waals surface area contributed by atoms with E-state index in [1.54, 1.807) is 0 Å². The van der Waals surface area contributed by atoms with E-state index in [0.29, 0.717) is 19.4 Å². The van der Waals surface area contributed by atoms with Crippen LogP contribution in [-0.4, -0.2) is 66.7 Å². The fourth-order valence-electron chi connectivity index (χ4n) is 3.19. The lowest BCUT2D eigenvalue weighted by Crippen LogP contribution is -2.45. The number of anilines is 1. The summed E-state index contributed by atoms with van der Waals surface area (Å²) in [5.41, 5.74) is 1.54. The van der Waals surface area contributed by atoms with Crippen molar-refractivity contribution in [2.75, 3.05) is 44.6 Å². The zero-order valence-corrected chi connectivity index (χ0v) is 18.3. The fourth-order valence-corrected chi connectivity index (χ4v) is 3.19. The molecule has 2 amide bonds. The Morgan fingerprint density at radius 2 is 1.66 bits per heavy atom. The topological polar surface area (TPSA) is 73.9 Å². The van der Waals surface area contributed by atoms with Crippen LogP contribution in [0.15, 0.2) is 24.3 Å². The van der Waals surface area contributed by atoms with Crippen LogP contribution < -0.4 is 10.6 Å². The summed E-state index contributed by atoms with van der Waals surface area (Å²) in [6.45, 7) is 14.6. The minimum absolute atomic E-state index is 0.0561. The standard InChI is InChI=1S/C22H36N4O3/c1-5-25-13-15-26(16-14-25)17-18-8-10-19(11-9-18)24-20(27)7-6-12-23-21(28)29-22(2,3)4/h8-11H,5-7,12-17H2,1-4H3,(H,23,28)(H,24,27). The minimum atomic E-state index is -0.516. The average molecular weight is 405 g/mol. The highest BCUT2D eigenvalue weighted by atomic mass is 16.6. The van der Waals surface area contributed by atoms with Gasteiger partial charge in [-0.3, -0.25) is 9.69 Å². The molecule has 1 aromatic rings. The molecule has 29 heavy (non-hydrogen) atoms. The van der Waals surface area contributed by atoms with Crippen LogP contribution in [0.4, 0.5) is 10.5 Å². The molecule has 0 saturated carbocycles. The molecular formula is C22H36N4O3.